The summed E-state index contributed by atoms with van der Waals surface area (Å²) in [7, 11) is 0. The molecule has 0 aliphatic carbocycles. The van der Waals surface area contributed by atoms with Crippen molar-refractivity contribution in [2.24, 2.45) is 0 Å². The van der Waals surface area contributed by atoms with Crippen LogP contribution in [-0.2, 0) is 0 Å². The SMILES string of the molecule is CCNC(CC)c1nnc(-c2ccc(Br)s2)s1. The second kappa shape index (κ2) is 6.04. The predicted octanol–water partition coefficient (Wildman–Crippen LogP) is 4.09. The summed E-state index contributed by atoms with van der Waals surface area (Å²) in [6.07, 6.45) is 1.04. The first-order chi connectivity index (χ1) is 8.24. The maximum Gasteiger partial charge on any atom is 0.157 e. The van der Waals surface area contributed by atoms with Crippen molar-refractivity contribution < 1.29 is 0 Å². The number of hydrogen-bond acceptors (Lipinski definition) is 5. The third-order valence-electron chi connectivity index (χ3n) is 2.38. The van der Waals surface area contributed by atoms with Crippen molar-refractivity contribution in [3.05, 3.63) is 20.9 Å². The van der Waals surface area contributed by atoms with E-state index in [0.29, 0.717) is 6.04 Å². The summed E-state index contributed by atoms with van der Waals surface area (Å²) in [5.41, 5.74) is 0. The van der Waals surface area contributed by atoms with Gasteiger partial charge in [-0.2, -0.15) is 0 Å². The maximum atomic E-state index is 4.29. The molecule has 0 saturated heterocycles. The molecule has 3 nitrogen and oxygen atoms in total. The third kappa shape index (κ3) is 3.13. The average molecular weight is 332 g/mol. The monoisotopic (exact) mass is 331 g/mol. The largest absolute Gasteiger partial charge is 0.308 e. The van der Waals surface area contributed by atoms with E-state index in [1.54, 1.807) is 22.7 Å². The molecule has 2 aromatic rings. The molecule has 2 heterocycles. The zero-order valence-corrected chi connectivity index (χ0v) is 13.0. The van der Waals surface area contributed by atoms with Crippen LogP contribution in [0.5, 0.6) is 0 Å². The summed E-state index contributed by atoms with van der Waals surface area (Å²) < 4.78 is 1.13. The van der Waals surface area contributed by atoms with Crippen molar-refractivity contribution in [1.29, 1.82) is 0 Å². The standard InChI is InChI=1S/C11H14BrN3S2/c1-3-7(13-4-2)10-14-15-11(17-10)8-5-6-9(12)16-8/h5-7,13H,3-4H2,1-2H3. The van der Waals surface area contributed by atoms with Crippen molar-refractivity contribution in [2.45, 2.75) is 26.3 Å². The molecule has 1 atom stereocenters. The van der Waals surface area contributed by atoms with Gasteiger partial charge in [-0.15, -0.1) is 21.5 Å². The lowest BCUT2D eigenvalue weighted by atomic mass is 10.2. The van der Waals surface area contributed by atoms with Crippen LogP contribution in [0, 0.1) is 0 Å². The maximum absolute atomic E-state index is 4.29. The highest BCUT2D eigenvalue weighted by molar-refractivity contribution is 9.11. The van der Waals surface area contributed by atoms with Gasteiger partial charge in [0.1, 0.15) is 5.01 Å². The minimum atomic E-state index is 0.328. The molecule has 2 rings (SSSR count). The van der Waals surface area contributed by atoms with Crippen LogP contribution >= 0.6 is 38.6 Å². The van der Waals surface area contributed by atoms with Crippen LogP contribution < -0.4 is 5.32 Å². The van der Waals surface area contributed by atoms with Crippen molar-refractivity contribution in [3.8, 4) is 9.88 Å². The van der Waals surface area contributed by atoms with Crippen molar-refractivity contribution in [1.82, 2.24) is 15.5 Å². The molecular weight excluding hydrogens is 318 g/mol. The summed E-state index contributed by atoms with van der Waals surface area (Å²) >= 11 is 6.83. The Hall–Kier alpha value is -0.300. The van der Waals surface area contributed by atoms with E-state index in [-0.39, 0.29) is 0 Å². The average Bonchev–Trinajstić information content (AvgIpc) is 2.94. The summed E-state index contributed by atoms with van der Waals surface area (Å²) in [5.74, 6) is 0. The summed E-state index contributed by atoms with van der Waals surface area (Å²) in [6.45, 7) is 5.23. The van der Waals surface area contributed by atoms with Crippen LogP contribution in [0.2, 0.25) is 0 Å². The third-order valence-corrected chi connectivity index (χ3v) is 5.21. The topological polar surface area (TPSA) is 37.8 Å². The Kier molecular flexibility index (Phi) is 4.67. The fourth-order valence-electron chi connectivity index (χ4n) is 1.56. The number of thiophene rings is 1. The molecule has 1 unspecified atom stereocenters. The molecule has 2 aromatic heterocycles. The Balaban J connectivity index is 2.20. The molecule has 0 radical (unpaired) electrons. The van der Waals surface area contributed by atoms with Gasteiger partial charge in [0.25, 0.3) is 0 Å². The van der Waals surface area contributed by atoms with Gasteiger partial charge in [-0.1, -0.05) is 25.2 Å². The summed E-state index contributed by atoms with van der Waals surface area (Å²) in [6, 6.07) is 4.45. The number of nitrogens with zero attached hydrogens (tertiary/aromatic N) is 2. The number of aromatic nitrogens is 2. The van der Waals surface area contributed by atoms with Crippen LogP contribution in [-0.4, -0.2) is 16.7 Å². The smallest absolute Gasteiger partial charge is 0.157 e. The zero-order chi connectivity index (χ0) is 12.3. The molecule has 0 bridgehead atoms. The first-order valence-electron chi connectivity index (χ1n) is 5.57. The van der Waals surface area contributed by atoms with Crippen molar-refractivity contribution >= 4 is 38.6 Å². The molecule has 0 aliphatic rings. The number of hydrogen-bond donors (Lipinski definition) is 1. The minimum absolute atomic E-state index is 0.328. The highest BCUT2D eigenvalue weighted by Gasteiger charge is 2.15. The fraction of sp³-hybridized carbons (Fsp3) is 0.455. The van der Waals surface area contributed by atoms with Gasteiger partial charge in [0.05, 0.1) is 14.7 Å². The van der Waals surface area contributed by atoms with Gasteiger partial charge < -0.3 is 5.32 Å². The van der Waals surface area contributed by atoms with E-state index in [1.807, 2.05) is 6.07 Å². The normalized spacial score (nSPS) is 12.9. The second-order valence-electron chi connectivity index (χ2n) is 3.57. The summed E-state index contributed by atoms with van der Waals surface area (Å²) in [5, 5.41) is 14.1. The minimum Gasteiger partial charge on any atom is -0.308 e. The fourth-order valence-corrected chi connectivity index (χ4v) is 3.99. The molecule has 0 aliphatic heterocycles. The van der Waals surface area contributed by atoms with E-state index in [9.17, 15) is 0 Å². The van der Waals surface area contributed by atoms with Gasteiger partial charge in [-0.25, -0.2) is 0 Å². The Morgan fingerprint density at radius 3 is 2.71 bits per heavy atom. The number of halogens is 1. The molecule has 0 spiro atoms. The first-order valence-corrected chi connectivity index (χ1v) is 7.99. The molecule has 0 saturated carbocycles. The van der Waals surface area contributed by atoms with Gasteiger partial charge in [0, 0.05) is 0 Å². The Morgan fingerprint density at radius 1 is 1.29 bits per heavy atom. The van der Waals surface area contributed by atoms with Crippen LogP contribution in [0.25, 0.3) is 9.88 Å². The lowest BCUT2D eigenvalue weighted by Gasteiger charge is -2.10. The molecule has 92 valence electrons. The molecule has 17 heavy (non-hydrogen) atoms. The van der Waals surface area contributed by atoms with E-state index >= 15 is 0 Å². The quantitative estimate of drug-likeness (QED) is 0.896. The van der Waals surface area contributed by atoms with Crippen LogP contribution in [0.15, 0.2) is 15.9 Å². The predicted molar refractivity (Wildman–Crippen MR) is 77.6 cm³/mol. The highest BCUT2D eigenvalue weighted by Crippen LogP contribution is 2.34. The Labute approximate surface area is 117 Å². The van der Waals surface area contributed by atoms with Crippen molar-refractivity contribution in [2.75, 3.05) is 6.54 Å². The lowest BCUT2D eigenvalue weighted by molar-refractivity contribution is 0.531. The number of rotatable bonds is 5. The van der Waals surface area contributed by atoms with Crippen molar-refractivity contribution in [3.63, 3.8) is 0 Å². The Bertz CT molecular complexity index is 481. The van der Waals surface area contributed by atoms with Gasteiger partial charge in [0.15, 0.2) is 5.01 Å². The van der Waals surface area contributed by atoms with E-state index < -0.39 is 0 Å². The molecular formula is C11H14BrN3S2. The van der Waals surface area contributed by atoms with Gasteiger partial charge in [-0.3, -0.25) is 0 Å². The van der Waals surface area contributed by atoms with Crippen LogP contribution in [0.1, 0.15) is 31.3 Å². The molecule has 0 aromatic carbocycles. The summed E-state index contributed by atoms with van der Waals surface area (Å²) in [4.78, 5) is 1.17. The molecule has 1 N–H and O–H groups in total. The van der Waals surface area contributed by atoms with E-state index in [4.69, 9.17) is 0 Å². The lowest BCUT2D eigenvalue weighted by Crippen LogP contribution is -2.19. The van der Waals surface area contributed by atoms with Gasteiger partial charge in [-0.05, 0) is 41.0 Å². The molecule has 6 heteroatoms. The van der Waals surface area contributed by atoms with E-state index in [0.717, 1.165) is 26.8 Å². The zero-order valence-electron chi connectivity index (χ0n) is 9.74. The first kappa shape index (κ1) is 13.1. The van der Waals surface area contributed by atoms with E-state index in [2.05, 4.69) is 51.4 Å². The van der Waals surface area contributed by atoms with E-state index in [1.165, 1.54) is 4.88 Å². The second-order valence-corrected chi connectivity index (χ2v) is 7.04. The van der Waals surface area contributed by atoms with Crippen LogP contribution in [0.4, 0.5) is 0 Å². The highest BCUT2D eigenvalue weighted by atomic mass is 79.9. The molecule has 0 fully saturated rings. The van der Waals surface area contributed by atoms with Crippen LogP contribution in [0.3, 0.4) is 0 Å². The molecule has 0 amide bonds. The van der Waals surface area contributed by atoms with Gasteiger partial charge >= 0.3 is 0 Å². The number of nitrogens with one attached hydrogen (secondary N) is 1. The Morgan fingerprint density at radius 2 is 2.12 bits per heavy atom. The van der Waals surface area contributed by atoms with Gasteiger partial charge in [0.2, 0.25) is 0 Å².